The zero-order valence-electron chi connectivity index (χ0n) is 14.6. The van der Waals surface area contributed by atoms with E-state index in [9.17, 15) is 9.59 Å². The minimum atomic E-state index is -0.171. The number of nitrogens with zero attached hydrogens (tertiary/aromatic N) is 1. The number of nitrogens with one attached hydrogen (secondary N) is 1. The Kier molecular flexibility index (Phi) is 5.78. The molecule has 1 fully saturated rings. The van der Waals surface area contributed by atoms with Gasteiger partial charge in [0.1, 0.15) is 5.75 Å². The van der Waals surface area contributed by atoms with Crippen molar-refractivity contribution in [2.45, 2.75) is 25.4 Å². The van der Waals surface area contributed by atoms with Crippen molar-refractivity contribution in [3.05, 3.63) is 64.7 Å². The van der Waals surface area contributed by atoms with Crippen LogP contribution in [0.3, 0.4) is 0 Å². The number of methoxy groups -OCH3 is 1. The van der Waals surface area contributed by atoms with E-state index in [2.05, 4.69) is 5.32 Å². The predicted octanol–water partition coefficient (Wildman–Crippen LogP) is 2.81. The average Bonchev–Trinajstić information content (AvgIpc) is 2.96. The molecular weight excluding hydrogens is 352 g/mol. The topological polar surface area (TPSA) is 58.6 Å². The maximum absolute atomic E-state index is 12.3. The summed E-state index contributed by atoms with van der Waals surface area (Å²) in [6.45, 7) is 0.960. The van der Waals surface area contributed by atoms with Gasteiger partial charge in [-0.3, -0.25) is 9.59 Å². The molecule has 2 aromatic carbocycles. The fourth-order valence-corrected chi connectivity index (χ4v) is 3.26. The van der Waals surface area contributed by atoms with Crippen molar-refractivity contribution in [2.75, 3.05) is 13.7 Å². The first-order valence-electron chi connectivity index (χ1n) is 8.48. The molecule has 1 unspecified atom stereocenters. The Morgan fingerprint density at radius 2 is 1.96 bits per heavy atom. The number of hydrogen-bond acceptors (Lipinski definition) is 3. The zero-order chi connectivity index (χ0) is 18.5. The highest BCUT2D eigenvalue weighted by molar-refractivity contribution is 6.31. The molecule has 2 amide bonds. The number of hydrogen-bond donors (Lipinski definition) is 1. The third kappa shape index (κ3) is 4.55. The van der Waals surface area contributed by atoms with Crippen LogP contribution in [-0.4, -0.2) is 36.4 Å². The van der Waals surface area contributed by atoms with E-state index < -0.39 is 0 Å². The number of carbonyl (C=O) groups is 2. The molecule has 0 spiro atoms. The minimum absolute atomic E-state index is 0.0275. The Morgan fingerprint density at radius 1 is 1.23 bits per heavy atom. The first-order valence-corrected chi connectivity index (χ1v) is 8.86. The van der Waals surface area contributed by atoms with Gasteiger partial charge in [0.2, 0.25) is 11.8 Å². The van der Waals surface area contributed by atoms with Crippen LogP contribution in [0.25, 0.3) is 0 Å². The van der Waals surface area contributed by atoms with E-state index in [0.717, 1.165) is 16.9 Å². The predicted molar refractivity (Wildman–Crippen MR) is 100 cm³/mol. The van der Waals surface area contributed by atoms with E-state index in [1.807, 2.05) is 48.5 Å². The highest BCUT2D eigenvalue weighted by Crippen LogP contribution is 2.21. The summed E-state index contributed by atoms with van der Waals surface area (Å²) in [7, 11) is 1.60. The first-order chi connectivity index (χ1) is 12.5. The van der Waals surface area contributed by atoms with Crippen molar-refractivity contribution in [1.82, 2.24) is 10.2 Å². The van der Waals surface area contributed by atoms with E-state index in [4.69, 9.17) is 16.3 Å². The van der Waals surface area contributed by atoms with Crippen molar-refractivity contribution >= 4 is 23.4 Å². The largest absolute Gasteiger partial charge is 0.497 e. The molecule has 5 nitrogen and oxygen atoms in total. The normalized spacial score (nSPS) is 16.6. The summed E-state index contributed by atoms with van der Waals surface area (Å²) in [6.07, 6.45) is 0.595. The minimum Gasteiger partial charge on any atom is -0.497 e. The van der Waals surface area contributed by atoms with Gasteiger partial charge in [-0.1, -0.05) is 41.9 Å². The van der Waals surface area contributed by atoms with Crippen LogP contribution in [0.5, 0.6) is 5.75 Å². The third-order valence-corrected chi connectivity index (χ3v) is 4.79. The molecule has 1 aliphatic heterocycles. The Balaban J connectivity index is 1.53. The highest BCUT2D eigenvalue weighted by atomic mass is 35.5. The summed E-state index contributed by atoms with van der Waals surface area (Å²) in [5.41, 5.74) is 1.81. The molecule has 0 saturated carbocycles. The number of halogens is 1. The van der Waals surface area contributed by atoms with E-state index in [-0.39, 0.29) is 24.3 Å². The lowest BCUT2D eigenvalue weighted by Gasteiger charge is -2.18. The molecule has 0 radical (unpaired) electrons. The molecular formula is C20H21ClN2O3. The SMILES string of the molecule is COc1ccc(CC(=O)NC2CC(=O)N(Cc3ccccc3Cl)C2)cc1. The fourth-order valence-electron chi connectivity index (χ4n) is 3.06. The van der Waals surface area contributed by atoms with Crippen molar-refractivity contribution < 1.29 is 14.3 Å². The Morgan fingerprint density at radius 3 is 2.65 bits per heavy atom. The van der Waals surface area contributed by atoms with Gasteiger partial charge in [-0.15, -0.1) is 0 Å². The van der Waals surface area contributed by atoms with Crippen molar-refractivity contribution in [2.24, 2.45) is 0 Å². The summed E-state index contributed by atoms with van der Waals surface area (Å²) in [6, 6.07) is 14.7. The van der Waals surface area contributed by atoms with Crippen LogP contribution in [0.15, 0.2) is 48.5 Å². The van der Waals surface area contributed by atoms with E-state index in [0.29, 0.717) is 24.5 Å². The second kappa shape index (κ2) is 8.23. The van der Waals surface area contributed by atoms with Crippen LogP contribution in [0.4, 0.5) is 0 Å². The van der Waals surface area contributed by atoms with Crippen molar-refractivity contribution in [3.8, 4) is 5.75 Å². The monoisotopic (exact) mass is 372 g/mol. The fraction of sp³-hybridized carbons (Fsp3) is 0.300. The number of benzene rings is 2. The van der Waals surface area contributed by atoms with Crippen LogP contribution in [0, 0.1) is 0 Å². The van der Waals surface area contributed by atoms with Crippen LogP contribution in [-0.2, 0) is 22.6 Å². The third-order valence-electron chi connectivity index (χ3n) is 4.42. The van der Waals surface area contributed by atoms with Gasteiger partial charge >= 0.3 is 0 Å². The van der Waals surface area contributed by atoms with Crippen molar-refractivity contribution in [3.63, 3.8) is 0 Å². The molecule has 1 N–H and O–H groups in total. The summed E-state index contributed by atoms with van der Waals surface area (Å²) < 4.78 is 5.11. The second-order valence-corrected chi connectivity index (χ2v) is 6.77. The molecule has 1 heterocycles. The van der Waals surface area contributed by atoms with Gasteiger partial charge in [-0.25, -0.2) is 0 Å². The molecule has 0 aromatic heterocycles. The smallest absolute Gasteiger partial charge is 0.225 e. The Bertz CT molecular complexity index is 792. The van der Waals surface area contributed by atoms with E-state index in [1.165, 1.54) is 0 Å². The molecule has 3 rings (SSSR count). The lowest BCUT2D eigenvalue weighted by atomic mass is 10.1. The molecule has 2 aromatic rings. The lowest BCUT2D eigenvalue weighted by Crippen LogP contribution is -2.37. The lowest BCUT2D eigenvalue weighted by molar-refractivity contribution is -0.128. The van der Waals surface area contributed by atoms with Crippen LogP contribution < -0.4 is 10.1 Å². The molecule has 0 bridgehead atoms. The maximum atomic E-state index is 12.3. The standard InChI is InChI=1S/C20H21ClN2O3/c1-26-17-8-6-14(7-9-17)10-19(24)22-16-11-20(25)23(13-16)12-15-4-2-3-5-18(15)21/h2-9,16H,10-13H2,1H3,(H,22,24). The van der Waals surface area contributed by atoms with Gasteiger partial charge in [0, 0.05) is 24.5 Å². The van der Waals surface area contributed by atoms with E-state index in [1.54, 1.807) is 12.0 Å². The summed E-state index contributed by atoms with van der Waals surface area (Å²) in [5.74, 6) is 0.693. The van der Waals surface area contributed by atoms with E-state index >= 15 is 0 Å². The summed E-state index contributed by atoms with van der Waals surface area (Å²) in [5, 5.41) is 3.60. The number of carbonyl (C=O) groups excluding carboxylic acids is 2. The number of likely N-dealkylation sites (tertiary alicyclic amines) is 1. The van der Waals surface area contributed by atoms with Gasteiger partial charge < -0.3 is 15.0 Å². The quantitative estimate of drug-likeness (QED) is 0.848. The van der Waals surface area contributed by atoms with Gasteiger partial charge in [0.05, 0.1) is 19.6 Å². The average molecular weight is 373 g/mol. The molecule has 0 aliphatic carbocycles. The van der Waals surface area contributed by atoms with Crippen molar-refractivity contribution in [1.29, 1.82) is 0 Å². The molecule has 136 valence electrons. The highest BCUT2D eigenvalue weighted by Gasteiger charge is 2.30. The molecule has 1 saturated heterocycles. The molecule has 6 heteroatoms. The van der Waals surface area contributed by atoms with Crippen LogP contribution in [0.2, 0.25) is 5.02 Å². The summed E-state index contributed by atoms with van der Waals surface area (Å²) >= 11 is 6.17. The maximum Gasteiger partial charge on any atom is 0.225 e. The Hall–Kier alpha value is -2.53. The Labute approximate surface area is 157 Å². The number of rotatable bonds is 6. The summed E-state index contributed by atoms with van der Waals surface area (Å²) in [4.78, 5) is 26.2. The number of ether oxygens (including phenoxy) is 1. The molecule has 1 atom stereocenters. The van der Waals surface area contributed by atoms with Gasteiger partial charge in [0.25, 0.3) is 0 Å². The van der Waals surface area contributed by atoms with Gasteiger partial charge in [-0.05, 0) is 29.3 Å². The first kappa shape index (κ1) is 18.3. The number of amides is 2. The van der Waals surface area contributed by atoms with Crippen LogP contribution >= 0.6 is 11.6 Å². The zero-order valence-corrected chi connectivity index (χ0v) is 15.3. The van der Waals surface area contributed by atoms with Crippen LogP contribution in [0.1, 0.15) is 17.5 Å². The van der Waals surface area contributed by atoms with Gasteiger partial charge in [0.15, 0.2) is 0 Å². The molecule has 26 heavy (non-hydrogen) atoms. The van der Waals surface area contributed by atoms with Gasteiger partial charge in [-0.2, -0.15) is 0 Å². The molecule has 1 aliphatic rings. The second-order valence-electron chi connectivity index (χ2n) is 6.36.